The van der Waals surface area contributed by atoms with Crippen molar-refractivity contribution in [1.82, 2.24) is 19.7 Å². The summed E-state index contributed by atoms with van der Waals surface area (Å²) in [6, 6.07) is 10.4. The number of benzene rings is 1. The Kier molecular flexibility index (Phi) is 4.74. The third kappa shape index (κ3) is 3.37. The van der Waals surface area contributed by atoms with E-state index >= 15 is 0 Å². The molecule has 1 aromatic carbocycles. The van der Waals surface area contributed by atoms with Crippen molar-refractivity contribution in [3.05, 3.63) is 54.6 Å². The molecule has 1 atom stereocenters. The van der Waals surface area contributed by atoms with Gasteiger partial charge in [0, 0.05) is 25.0 Å². The summed E-state index contributed by atoms with van der Waals surface area (Å²) in [6.45, 7) is 2.15. The van der Waals surface area contributed by atoms with Gasteiger partial charge in [0.05, 0.1) is 18.8 Å². The van der Waals surface area contributed by atoms with Gasteiger partial charge in [0.15, 0.2) is 5.82 Å². The summed E-state index contributed by atoms with van der Waals surface area (Å²) in [7, 11) is 3.59. The molecule has 6 nitrogen and oxygen atoms in total. The normalized spacial score (nSPS) is 12.0. The molecule has 1 unspecified atom stereocenters. The van der Waals surface area contributed by atoms with E-state index in [0.717, 1.165) is 29.2 Å². The number of pyridine rings is 1. The minimum atomic E-state index is 0.201. The van der Waals surface area contributed by atoms with Crippen molar-refractivity contribution in [2.24, 2.45) is 7.05 Å². The molecule has 0 radical (unpaired) electrons. The fraction of sp³-hybridized carbons (Fsp3) is 0.278. The lowest BCUT2D eigenvalue weighted by Crippen LogP contribution is -2.10. The van der Waals surface area contributed by atoms with Gasteiger partial charge in [0.2, 0.25) is 0 Å². The molecule has 2 heterocycles. The molecule has 0 saturated heterocycles. The second-order valence-electron chi connectivity index (χ2n) is 5.61. The van der Waals surface area contributed by atoms with Crippen LogP contribution in [-0.2, 0) is 7.05 Å². The van der Waals surface area contributed by atoms with E-state index in [-0.39, 0.29) is 6.04 Å². The zero-order valence-corrected chi connectivity index (χ0v) is 14.1. The third-order valence-electron chi connectivity index (χ3n) is 3.98. The Hall–Kier alpha value is -2.89. The SMILES string of the molecule is CCC(Nc1cncc(-c2nncn2C)c1)c1ccc(OC)cc1. The molecule has 0 aliphatic heterocycles. The first-order valence-corrected chi connectivity index (χ1v) is 7.91. The number of hydrogen-bond acceptors (Lipinski definition) is 5. The van der Waals surface area contributed by atoms with Gasteiger partial charge in [-0.1, -0.05) is 19.1 Å². The average molecular weight is 323 g/mol. The van der Waals surface area contributed by atoms with Crippen LogP contribution in [0.15, 0.2) is 49.1 Å². The molecule has 0 spiro atoms. The molecule has 0 aliphatic carbocycles. The van der Waals surface area contributed by atoms with Crippen molar-refractivity contribution >= 4 is 5.69 Å². The first-order valence-electron chi connectivity index (χ1n) is 7.91. The maximum Gasteiger partial charge on any atom is 0.165 e. The molecule has 124 valence electrons. The molecule has 0 aliphatic rings. The average Bonchev–Trinajstić information content (AvgIpc) is 3.06. The zero-order valence-electron chi connectivity index (χ0n) is 14.1. The number of aromatic nitrogens is 4. The van der Waals surface area contributed by atoms with Crippen LogP contribution >= 0.6 is 0 Å². The Labute approximate surface area is 141 Å². The lowest BCUT2D eigenvalue weighted by Gasteiger charge is -2.19. The van der Waals surface area contributed by atoms with E-state index in [0.29, 0.717) is 0 Å². The van der Waals surface area contributed by atoms with Crippen molar-refractivity contribution in [3.63, 3.8) is 0 Å². The van der Waals surface area contributed by atoms with Crippen LogP contribution < -0.4 is 10.1 Å². The second kappa shape index (κ2) is 7.12. The van der Waals surface area contributed by atoms with Crippen LogP contribution in [0, 0.1) is 0 Å². The Bertz CT molecular complexity index is 797. The quantitative estimate of drug-likeness (QED) is 0.752. The van der Waals surface area contributed by atoms with E-state index in [9.17, 15) is 0 Å². The zero-order chi connectivity index (χ0) is 16.9. The van der Waals surface area contributed by atoms with E-state index < -0.39 is 0 Å². The van der Waals surface area contributed by atoms with Gasteiger partial charge in [-0.25, -0.2) is 0 Å². The maximum atomic E-state index is 5.22. The van der Waals surface area contributed by atoms with Crippen molar-refractivity contribution in [1.29, 1.82) is 0 Å². The van der Waals surface area contributed by atoms with E-state index in [1.807, 2.05) is 36.0 Å². The predicted octanol–water partition coefficient (Wildman–Crippen LogP) is 3.45. The second-order valence-corrected chi connectivity index (χ2v) is 5.61. The number of methoxy groups -OCH3 is 1. The largest absolute Gasteiger partial charge is 0.497 e. The number of aryl methyl sites for hydroxylation is 1. The highest BCUT2D eigenvalue weighted by Crippen LogP contribution is 2.26. The van der Waals surface area contributed by atoms with E-state index in [4.69, 9.17) is 4.74 Å². The van der Waals surface area contributed by atoms with Gasteiger partial charge in [-0.2, -0.15) is 0 Å². The molecule has 24 heavy (non-hydrogen) atoms. The highest BCUT2D eigenvalue weighted by atomic mass is 16.5. The molecule has 0 saturated carbocycles. The fourth-order valence-electron chi connectivity index (χ4n) is 2.64. The summed E-state index contributed by atoms with van der Waals surface area (Å²) in [5.74, 6) is 1.66. The van der Waals surface area contributed by atoms with Crippen LogP contribution in [0.5, 0.6) is 5.75 Å². The number of ether oxygens (including phenoxy) is 1. The third-order valence-corrected chi connectivity index (χ3v) is 3.98. The lowest BCUT2D eigenvalue weighted by atomic mass is 10.0. The number of nitrogens with zero attached hydrogens (tertiary/aromatic N) is 4. The van der Waals surface area contributed by atoms with E-state index in [1.54, 1.807) is 19.6 Å². The minimum absolute atomic E-state index is 0.201. The Morgan fingerprint density at radius 3 is 2.62 bits per heavy atom. The predicted molar refractivity (Wildman–Crippen MR) is 93.9 cm³/mol. The van der Waals surface area contributed by atoms with Gasteiger partial charge in [-0.3, -0.25) is 4.98 Å². The van der Waals surface area contributed by atoms with Crippen LogP contribution in [0.25, 0.3) is 11.4 Å². The van der Waals surface area contributed by atoms with Gasteiger partial charge in [0.1, 0.15) is 12.1 Å². The minimum Gasteiger partial charge on any atom is -0.497 e. The van der Waals surface area contributed by atoms with Gasteiger partial charge in [-0.15, -0.1) is 10.2 Å². The van der Waals surface area contributed by atoms with Crippen molar-refractivity contribution in [3.8, 4) is 17.1 Å². The summed E-state index contributed by atoms with van der Waals surface area (Å²) >= 11 is 0. The van der Waals surface area contributed by atoms with Crippen LogP contribution in [0.1, 0.15) is 24.9 Å². The number of rotatable bonds is 6. The number of anilines is 1. The number of hydrogen-bond donors (Lipinski definition) is 1. The summed E-state index contributed by atoms with van der Waals surface area (Å²) in [4.78, 5) is 4.33. The first-order chi connectivity index (χ1) is 11.7. The van der Waals surface area contributed by atoms with Crippen molar-refractivity contribution < 1.29 is 4.74 Å². The standard InChI is InChI=1S/C18H21N5O/c1-4-17(13-5-7-16(24-3)8-6-13)21-15-9-14(10-19-11-15)18-22-20-12-23(18)2/h5-12,17,21H,4H2,1-3H3. The van der Waals surface area contributed by atoms with Crippen LogP contribution in [0.4, 0.5) is 5.69 Å². The van der Waals surface area contributed by atoms with Gasteiger partial charge >= 0.3 is 0 Å². The molecular formula is C18H21N5O. The summed E-state index contributed by atoms with van der Waals surface area (Å²) in [5, 5.41) is 11.6. The maximum absolute atomic E-state index is 5.22. The van der Waals surface area contributed by atoms with Gasteiger partial charge in [-0.05, 0) is 30.2 Å². The van der Waals surface area contributed by atoms with E-state index in [1.165, 1.54) is 5.56 Å². The number of nitrogens with one attached hydrogen (secondary N) is 1. The highest BCUT2D eigenvalue weighted by Gasteiger charge is 2.11. The molecule has 0 amide bonds. The topological polar surface area (TPSA) is 64.9 Å². The molecule has 3 rings (SSSR count). The fourth-order valence-corrected chi connectivity index (χ4v) is 2.64. The molecule has 2 aromatic heterocycles. The Morgan fingerprint density at radius 1 is 1.21 bits per heavy atom. The molecule has 0 bridgehead atoms. The Morgan fingerprint density at radius 2 is 2.00 bits per heavy atom. The summed E-state index contributed by atoms with van der Waals surface area (Å²) < 4.78 is 7.10. The molecule has 0 fully saturated rings. The Balaban J connectivity index is 1.82. The molecule has 3 aromatic rings. The monoisotopic (exact) mass is 323 g/mol. The van der Waals surface area contributed by atoms with Crippen molar-refractivity contribution in [2.45, 2.75) is 19.4 Å². The lowest BCUT2D eigenvalue weighted by molar-refractivity contribution is 0.414. The smallest absolute Gasteiger partial charge is 0.165 e. The first kappa shape index (κ1) is 16.0. The molecule has 6 heteroatoms. The summed E-state index contributed by atoms with van der Waals surface area (Å²) in [5.41, 5.74) is 3.10. The highest BCUT2D eigenvalue weighted by molar-refractivity contribution is 5.60. The van der Waals surface area contributed by atoms with Crippen molar-refractivity contribution in [2.75, 3.05) is 12.4 Å². The molecule has 1 N–H and O–H groups in total. The van der Waals surface area contributed by atoms with Gasteiger partial charge in [0.25, 0.3) is 0 Å². The van der Waals surface area contributed by atoms with E-state index in [2.05, 4.69) is 39.6 Å². The van der Waals surface area contributed by atoms with Crippen LogP contribution in [-0.4, -0.2) is 26.9 Å². The molecular weight excluding hydrogens is 302 g/mol. The van der Waals surface area contributed by atoms with Gasteiger partial charge < -0.3 is 14.6 Å². The van der Waals surface area contributed by atoms with Crippen LogP contribution in [0.3, 0.4) is 0 Å². The summed E-state index contributed by atoms with van der Waals surface area (Å²) in [6.07, 6.45) is 6.26. The van der Waals surface area contributed by atoms with Crippen LogP contribution in [0.2, 0.25) is 0 Å².